The van der Waals surface area contributed by atoms with Crippen LogP contribution in [-0.2, 0) is 14.3 Å². The van der Waals surface area contributed by atoms with Crippen molar-refractivity contribution in [3.05, 3.63) is 0 Å². The maximum Gasteiger partial charge on any atom is 0.331 e. The number of amides is 1. The topological polar surface area (TPSA) is 55.4 Å². The monoisotopic (exact) mass is 247 g/mol. The molecule has 0 spiro atoms. The highest BCUT2D eigenvalue weighted by atomic mass is 35.5. The molecule has 1 aliphatic carbocycles. The predicted molar refractivity (Wildman–Crippen MR) is 61.2 cm³/mol. The minimum absolute atomic E-state index is 0.131. The lowest BCUT2D eigenvalue weighted by atomic mass is 9.77. The van der Waals surface area contributed by atoms with Crippen LogP contribution in [-0.4, -0.2) is 30.4 Å². The van der Waals surface area contributed by atoms with Gasteiger partial charge in [-0.1, -0.05) is 6.92 Å². The molecule has 1 aliphatic rings. The summed E-state index contributed by atoms with van der Waals surface area (Å²) in [6, 6.07) is 0. The molecule has 0 aromatic carbocycles. The third-order valence-corrected chi connectivity index (χ3v) is 3.45. The Morgan fingerprint density at radius 1 is 1.44 bits per heavy atom. The quantitative estimate of drug-likeness (QED) is 0.607. The summed E-state index contributed by atoms with van der Waals surface area (Å²) in [5.41, 5.74) is -0.854. The zero-order valence-corrected chi connectivity index (χ0v) is 10.5. The number of ether oxygens (including phenoxy) is 1. The zero-order chi connectivity index (χ0) is 12.2. The van der Waals surface area contributed by atoms with Crippen LogP contribution in [0.25, 0.3) is 0 Å². The van der Waals surface area contributed by atoms with Gasteiger partial charge in [0.1, 0.15) is 11.4 Å². The summed E-state index contributed by atoms with van der Waals surface area (Å²) in [6.45, 7) is 2.14. The summed E-state index contributed by atoms with van der Waals surface area (Å²) in [6.07, 6.45) is 3.09. The van der Waals surface area contributed by atoms with Crippen LogP contribution in [0.4, 0.5) is 0 Å². The first-order chi connectivity index (χ1) is 7.54. The molecular formula is C11H18ClNO3. The lowest BCUT2D eigenvalue weighted by Gasteiger charge is -2.37. The van der Waals surface area contributed by atoms with Gasteiger partial charge >= 0.3 is 5.97 Å². The van der Waals surface area contributed by atoms with E-state index in [9.17, 15) is 9.59 Å². The Balaban J connectivity index is 2.77. The lowest BCUT2D eigenvalue weighted by molar-refractivity contribution is -0.152. The number of carbonyl (C=O) groups excluding carboxylic acids is 2. The molecule has 0 aliphatic heterocycles. The minimum atomic E-state index is -0.854. The Hall–Kier alpha value is -0.770. The molecular weight excluding hydrogens is 230 g/mol. The normalized spacial score (nSPS) is 29.6. The molecule has 0 saturated heterocycles. The van der Waals surface area contributed by atoms with E-state index in [4.69, 9.17) is 16.3 Å². The van der Waals surface area contributed by atoms with Crippen molar-refractivity contribution in [2.45, 2.75) is 38.1 Å². The first-order valence-electron chi connectivity index (χ1n) is 5.49. The molecule has 16 heavy (non-hydrogen) atoms. The van der Waals surface area contributed by atoms with Crippen molar-refractivity contribution in [1.29, 1.82) is 0 Å². The van der Waals surface area contributed by atoms with E-state index < -0.39 is 5.54 Å². The number of hydrogen-bond acceptors (Lipinski definition) is 3. The fraction of sp³-hybridized carbons (Fsp3) is 0.818. The average Bonchev–Trinajstić information content (AvgIpc) is 2.31. The second-order valence-corrected chi connectivity index (χ2v) is 4.71. The second kappa shape index (κ2) is 5.53. The van der Waals surface area contributed by atoms with Gasteiger partial charge in [-0.15, -0.1) is 11.6 Å². The van der Waals surface area contributed by atoms with Crippen LogP contribution in [0, 0.1) is 5.92 Å². The highest BCUT2D eigenvalue weighted by Crippen LogP contribution is 2.32. The van der Waals surface area contributed by atoms with Crippen LogP contribution in [0.3, 0.4) is 0 Å². The molecule has 0 unspecified atom stereocenters. The summed E-state index contributed by atoms with van der Waals surface area (Å²) >= 11 is 5.45. The highest BCUT2D eigenvalue weighted by molar-refractivity contribution is 6.27. The van der Waals surface area contributed by atoms with Crippen molar-refractivity contribution in [2.24, 2.45) is 5.92 Å². The summed E-state index contributed by atoms with van der Waals surface area (Å²) in [7, 11) is 1.34. The third kappa shape index (κ3) is 2.88. The number of nitrogens with one attached hydrogen (secondary N) is 1. The molecule has 1 amide bonds. The number of rotatable bonds is 3. The molecule has 0 radical (unpaired) electrons. The van der Waals surface area contributed by atoms with E-state index in [0.717, 1.165) is 12.8 Å². The summed E-state index contributed by atoms with van der Waals surface area (Å²) in [5.74, 6) is -0.223. The van der Waals surface area contributed by atoms with Crippen LogP contribution in [0.5, 0.6) is 0 Å². The number of esters is 1. The summed E-state index contributed by atoms with van der Waals surface area (Å²) in [5, 5.41) is 2.71. The van der Waals surface area contributed by atoms with Crippen LogP contribution < -0.4 is 5.32 Å². The number of hydrogen-bond donors (Lipinski definition) is 1. The maximum absolute atomic E-state index is 11.8. The molecule has 0 heterocycles. The summed E-state index contributed by atoms with van der Waals surface area (Å²) < 4.78 is 4.78. The van der Waals surface area contributed by atoms with Gasteiger partial charge in [-0.3, -0.25) is 4.79 Å². The smallest absolute Gasteiger partial charge is 0.331 e. The molecule has 1 fully saturated rings. The lowest BCUT2D eigenvalue weighted by Crippen LogP contribution is -2.57. The summed E-state index contributed by atoms with van der Waals surface area (Å²) in [4.78, 5) is 23.1. The van der Waals surface area contributed by atoms with Crippen molar-refractivity contribution >= 4 is 23.5 Å². The molecule has 1 rings (SSSR count). The Bertz CT molecular complexity index is 272. The Kier molecular flexibility index (Phi) is 4.59. The minimum Gasteiger partial charge on any atom is -0.467 e. The standard InChI is InChI=1S/C11H18ClNO3/c1-8-3-5-11(6-4-8,10(15)16-2)13-9(14)7-12/h8H,3-7H2,1-2H3,(H,13,14). The van der Waals surface area contributed by atoms with E-state index in [0.29, 0.717) is 18.8 Å². The first-order valence-corrected chi connectivity index (χ1v) is 6.03. The first kappa shape index (κ1) is 13.3. The Labute approximate surface area is 101 Å². The highest BCUT2D eigenvalue weighted by Gasteiger charge is 2.43. The van der Waals surface area contributed by atoms with Crippen molar-refractivity contribution in [2.75, 3.05) is 13.0 Å². The predicted octanol–water partition coefficient (Wildman–Crippen LogP) is 1.46. The largest absolute Gasteiger partial charge is 0.467 e. The zero-order valence-electron chi connectivity index (χ0n) is 9.72. The van der Waals surface area contributed by atoms with Crippen molar-refractivity contribution in [1.82, 2.24) is 5.32 Å². The van der Waals surface area contributed by atoms with Gasteiger partial charge in [0.15, 0.2) is 0 Å². The van der Waals surface area contributed by atoms with Gasteiger partial charge in [0.2, 0.25) is 5.91 Å². The van der Waals surface area contributed by atoms with E-state index in [1.165, 1.54) is 7.11 Å². The molecule has 0 aromatic rings. The van der Waals surface area contributed by atoms with Gasteiger partial charge in [-0.05, 0) is 31.6 Å². The van der Waals surface area contributed by atoms with Gasteiger partial charge in [0.25, 0.3) is 0 Å². The van der Waals surface area contributed by atoms with Crippen LogP contribution >= 0.6 is 11.6 Å². The van der Waals surface area contributed by atoms with Gasteiger partial charge in [0, 0.05) is 0 Å². The van der Waals surface area contributed by atoms with E-state index in [-0.39, 0.29) is 17.8 Å². The van der Waals surface area contributed by atoms with E-state index in [1.54, 1.807) is 0 Å². The maximum atomic E-state index is 11.8. The fourth-order valence-corrected chi connectivity index (χ4v) is 2.20. The second-order valence-electron chi connectivity index (χ2n) is 4.44. The van der Waals surface area contributed by atoms with Crippen LogP contribution in [0.15, 0.2) is 0 Å². The molecule has 0 atom stereocenters. The molecule has 1 N–H and O–H groups in total. The van der Waals surface area contributed by atoms with Gasteiger partial charge in [0.05, 0.1) is 7.11 Å². The van der Waals surface area contributed by atoms with Gasteiger partial charge < -0.3 is 10.1 Å². The van der Waals surface area contributed by atoms with Crippen molar-refractivity contribution in [3.63, 3.8) is 0 Å². The molecule has 0 aromatic heterocycles. The number of carbonyl (C=O) groups is 2. The van der Waals surface area contributed by atoms with Crippen molar-refractivity contribution in [3.8, 4) is 0 Å². The van der Waals surface area contributed by atoms with Gasteiger partial charge in [-0.2, -0.15) is 0 Å². The number of methoxy groups -OCH3 is 1. The van der Waals surface area contributed by atoms with E-state index in [1.807, 2.05) is 0 Å². The SMILES string of the molecule is COC(=O)C1(NC(=O)CCl)CCC(C)CC1. The molecule has 0 bridgehead atoms. The van der Waals surface area contributed by atoms with E-state index >= 15 is 0 Å². The van der Waals surface area contributed by atoms with Crippen LogP contribution in [0.2, 0.25) is 0 Å². The van der Waals surface area contributed by atoms with Gasteiger partial charge in [-0.25, -0.2) is 4.79 Å². The Morgan fingerprint density at radius 2 is 2.00 bits per heavy atom. The average molecular weight is 248 g/mol. The number of alkyl halides is 1. The molecule has 5 heteroatoms. The number of halogens is 1. The molecule has 1 saturated carbocycles. The molecule has 4 nitrogen and oxygen atoms in total. The van der Waals surface area contributed by atoms with Crippen molar-refractivity contribution < 1.29 is 14.3 Å². The fourth-order valence-electron chi connectivity index (χ4n) is 2.13. The Morgan fingerprint density at radius 3 is 2.44 bits per heavy atom. The van der Waals surface area contributed by atoms with Crippen LogP contribution in [0.1, 0.15) is 32.6 Å². The molecule has 92 valence electrons. The third-order valence-electron chi connectivity index (χ3n) is 3.20. The van der Waals surface area contributed by atoms with E-state index in [2.05, 4.69) is 12.2 Å².